The smallest absolute Gasteiger partial charge is 0.277 e. The fraction of sp³-hybridized carbons (Fsp3) is 0.125. The Morgan fingerprint density at radius 1 is 1.26 bits per heavy atom. The molecule has 0 radical (unpaired) electrons. The lowest BCUT2D eigenvalue weighted by Gasteiger charge is -2.05. The predicted octanol–water partition coefficient (Wildman–Crippen LogP) is 2.58. The first-order valence-electron chi connectivity index (χ1n) is 6.66. The van der Waals surface area contributed by atoms with Crippen molar-refractivity contribution in [3.8, 4) is 17.2 Å². The first kappa shape index (κ1) is 16.6. The van der Waals surface area contributed by atoms with E-state index in [0.717, 1.165) is 0 Å². The van der Waals surface area contributed by atoms with Crippen LogP contribution in [0.4, 0.5) is 0 Å². The summed E-state index contributed by atoms with van der Waals surface area (Å²) in [6.07, 6.45) is 1.32. The molecule has 1 amide bonds. The third kappa shape index (κ3) is 5.19. The average molecular weight is 335 g/mol. The topological polar surface area (TPSA) is 80.2 Å². The van der Waals surface area contributed by atoms with Crippen molar-refractivity contribution in [2.45, 2.75) is 0 Å². The molecule has 0 atom stereocenters. The van der Waals surface area contributed by atoms with E-state index in [4.69, 9.17) is 21.1 Å². The highest BCUT2D eigenvalue weighted by Crippen LogP contribution is 2.21. The first-order chi connectivity index (χ1) is 11.1. The highest BCUT2D eigenvalue weighted by molar-refractivity contribution is 6.30. The summed E-state index contributed by atoms with van der Waals surface area (Å²) in [6, 6.07) is 11.3. The van der Waals surface area contributed by atoms with Gasteiger partial charge >= 0.3 is 0 Å². The Bertz CT molecular complexity index is 702. The lowest BCUT2D eigenvalue weighted by molar-refractivity contribution is -0.123. The highest BCUT2D eigenvalue weighted by atomic mass is 35.5. The van der Waals surface area contributed by atoms with Crippen molar-refractivity contribution in [1.29, 1.82) is 0 Å². The molecule has 2 aromatic rings. The summed E-state index contributed by atoms with van der Waals surface area (Å²) in [6.45, 7) is -0.191. The summed E-state index contributed by atoms with van der Waals surface area (Å²) in [5.41, 5.74) is 2.72. The van der Waals surface area contributed by atoms with Crippen LogP contribution < -0.4 is 14.9 Å². The van der Waals surface area contributed by atoms with Crippen LogP contribution in [0.2, 0.25) is 5.02 Å². The van der Waals surface area contributed by atoms with Gasteiger partial charge in [0.15, 0.2) is 6.61 Å². The van der Waals surface area contributed by atoms with Crippen LogP contribution in [0.15, 0.2) is 47.6 Å². The van der Waals surface area contributed by atoms with Gasteiger partial charge in [0.2, 0.25) is 0 Å². The number of halogens is 1. The summed E-state index contributed by atoms with van der Waals surface area (Å²) in [7, 11) is 1.52. The van der Waals surface area contributed by atoms with Crippen molar-refractivity contribution in [2.75, 3.05) is 13.7 Å². The number of hydrogen-bond acceptors (Lipinski definition) is 5. The average Bonchev–Trinajstić information content (AvgIpc) is 2.56. The first-order valence-corrected chi connectivity index (χ1v) is 7.03. The maximum absolute atomic E-state index is 11.6. The summed E-state index contributed by atoms with van der Waals surface area (Å²) in [4.78, 5) is 11.6. The van der Waals surface area contributed by atoms with Crippen molar-refractivity contribution in [1.82, 2.24) is 5.43 Å². The Labute approximate surface area is 138 Å². The molecule has 0 aliphatic rings. The molecule has 0 aliphatic heterocycles. The molecule has 2 aromatic carbocycles. The molecule has 2 N–H and O–H groups in total. The van der Waals surface area contributed by atoms with Crippen molar-refractivity contribution < 1.29 is 19.4 Å². The number of carbonyl (C=O) groups excluding carboxylic acids is 1. The van der Waals surface area contributed by atoms with E-state index in [1.807, 2.05) is 0 Å². The van der Waals surface area contributed by atoms with Gasteiger partial charge in [-0.2, -0.15) is 5.10 Å². The van der Waals surface area contributed by atoms with Crippen molar-refractivity contribution in [2.24, 2.45) is 5.10 Å². The van der Waals surface area contributed by atoms with Crippen LogP contribution in [-0.2, 0) is 4.79 Å². The molecule has 0 unspecified atom stereocenters. The second-order valence-electron chi connectivity index (χ2n) is 4.46. The third-order valence-electron chi connectivity index (χ3n) is 2.81. The van der Waals surface area contributed by atoms with Crippen molar-refractivity contribution in [3.63, 3.8) is 0 Å². The number of nitrogens with one attached hydrogen (secondary N) is 1. The molecule has 23 heavy (non-hydrogen) atoms. The second kappa shape index (κ2) is 8.05. The van der Waals surface area contributed by atoms with Gasteiger partial charge in [-0.1, -0.05) is 11.6 Å². The number of amides is 1. The lowest BCUT2D eigenvalue weighted by atomic mass is 10.2. The number of aromatic hydroxyl groups is 1. The molecule has 0 spiro atoms. The van der Waals surface area contributed by atoms with Gasteiger partial charge in [-0.15, -0.1) is 0 Å². The predicted molar refractivity (Wildman–Crippen MR) is 87.3 cm³/mol. The summed E-state index contributed by atoms with van der Waals surface area (Å²) >= 11 is 5.75. The lowest BCUT2D eigenvalue weighted by Crippen LogP contribution is -2.24. The van der Waals surface area contributed by atoms with E-state index >= 15 is 0 Å². The highest BCUT2D eigenvalue weighted by Gasteiger charge is 2.03. The van der Waals surface area contributed by atoms with Gasteiger partial charge in [0, 0.05) is 10.6 Å². The Kier molecular flexibility index (Phi) is 5.82. The number of phenolic OH excluding ortho intramolecular Hbond substituents is 1. The van der Waals surface area contributed by atoms with E-state index < -0.39 is 5.91 Å². The number of hydrazone groups is 1. The number of hydrogen-bond donors (Lipinski definition) is 2. The maximum Gasteiger partial charge on any atom is 0.277 e. The van der Waals surface area contributed by atoms with Crippen LogP contribution in [0.5, 0.6) is 17.2 Å². The van der Waals surface area contributed by atoms with Crippen LogP contribution in [0.3, 0.4) is 0 Å². The Morgan fingerprint density at radius 2 is 1.96 bits per heavy atom. The van der Waals surface area contributed by atoms with Crippen LogP contribution in [-0.4, -0.2) is 30.9 Å². The van der Waals surface area contributed by atoms with E-state index in [1.54, 1.807) is 36.4 Å². The fourth-order valence-electron chi connectivity index (χ4n) is 1.65. The maximum atomic E-state index is 11.6. The second-order valence-corrected chi connectivity index (χ2v) is 4.90. The number of nitrogens with zero attached hydrogens (tertiary/aromatic N) is 1. The third-order valence-corrected chi connectivity index (χ3v) is 3.06. The monoisotopic (exact) mass is 334 g/mol. The molecule has 6 nitrogen and oxygen atoms in total. The molecule has 0 saturated heterocycles. The molecule has 120 valence electrons. The Balaban J connectivity index is 1.85. The number of carbonyl (C=O) groups is 1. The molecular formula is C16H15ClN2O4. The standard InChI is InChI=1S/C16H15ClN2O4/c1-22-14-6-7-15(20)11(8-14)9-18-19-16(21)10-23-13-4-2-12(17)3-5-13/h2-9,20H,10H2,1H3,(H,19,21)/b18-9+. The van der Waals surface area contributed by atoms with E-state index in [0.29, 0.717) is 22.1 Å². The normalized spacial score (nSPS) is 10.5. The fourth-order valence-corrected chi connectivity index (χ4v) is 1.77. The van der Waals surface area contributed by atoms with Gasteiger partial charge in [0.05, 0.1) is 13.3 Å². The van der Waals surface area contributed by atoms with Crippen LogP contribution >= 0.6 is 11.6 Å². The van der Waals surface area contributed by atoms with Gasteiger partial charge in [0.1, 0.15) is 17.2 Å². The molecule has 0 aromatic heterocycles. The van der Waals surface area contributed by atoms with Gasteiger partial charge in [0.25, 0.3) is 5.91 Å². The van der Waals surface area contributed by atoms with E-state index in [2.05, 4.69) is 10.5 Å². The summed E-state index contributed by atoms with van der Waals surface area (Å²) < 4.78 is 10.3. The number of phenols is 1. The number of rotatable bonds is 6. The van der Waals surface area contributed by atoms with Gasteiger partial charge in [-0.05, 0) is 42.5 Å². The number of benzene rings is 2. The zero-order valence-corrected chi connectivity index (χ0v) is 13.1. The SMILES string of the molecule is COc1ccc(O)c(/C=N/NC(=O)COc2ccc(Cl)cc2)c1. The zero-order valence-electron chi connectivity index (χ0n) is 12.3. The minimum absolute atomic E-state index is 0.0289. The summed E-state index contributed by atoms with van der Waals surface area (Å²) in [5.74, 6) is 0.695. The van der Waals surface area contributed by atoms with Crippen LogP contribution in [0.25, 0.3) is 0 Å². The van der Waals surface area contributed by atoms with E-state index in [9.17, 15) is 9.90 Å². The number of methoxy groups -OCH3 is 1. The Hall–Kier alpha value is -2.73. The van der Waals surface area contributed by atoms with Gasteiger partial charge < -0.3 is 14.6 Å². The molecule has 0 fully saturated rings. The molecule has 0 bridgehead atoms. The van der Waals surface area contributed by atoms with Gasteiger partial charge in [-0.25, -0.2) is 5.43 Å². The van der Waals surface area contributed by atoms with E-state index in [-0.39, 0.29) is 12.4 Å². The molecule has 7 heteroatoms. The zero-order chi connectivity index (χ0) is 16.7. The molecular weight excluding hydrogens is 320 g/mol. The Morgan fingerprint density at radius 3 is 2.65 bits per heavy atom. The molecule has 0 heterocycles. The quantitative estimate of drug-likeness (QED) is 0.628. The molecule has 2 rings (SSSR count). The molecule has 0 aliphatic carbocycles. The van der Waals surface area contributed by atoms with Crippen LogP contribution in [0.1, 0.15) is 5.56 Å². The molecule has 0 saturated carbocycles. The van der Waals surface area contributed by atoms with Crippen LogP contribution in [0, 0.1) is 0 Å². The van der Waals surface area contributed by atoms with E-state index in [1.165, 1.54) is 19.4 Å². The minimum Gasteiger partial charge on any atom is -0.507 e. The van der Waals surface area contributed by atoms with Gasteiger partial charge in [-0.3, -0.25) is 4.79 Å². The summed E-state index contributed by atoms with van der Waals surface area (Å²) in [5, 5.41) is 14.0. The number of ether oxygens (including phenoxy) is 2. The largest absolute Gasteiger partial charge is 0.507 e. The van der Waals surface area contributed by atoms with Crippen molar-refractivity contribution in [3.05, 3.63) is 53.1 Å². The van der Waals surface area contributed by atoms with Crippen molar-refractivity contribution >= 4 is 23.7 Å². The minimum atomic E-state index is -0.432.